The largest absolute Gasteiger partial charge is 0.384 e. The Hall–Kier alpha value is -1.08. The van der Waals surface area contributed by atoms with Crippen molar-refractivity contribution in [2.45, 2.75) is 19.3 Å². The molecule has 0 aliphatic carbocycles. The van der Waals surface area contributed by atoms with E-state index >= 15 is 0 Å². The molecule has 0 unspecified atom stereocenters. The zero-order chi connectivity index (χ0) is 15.7. The van der Waals surface area contributed by atoms with Crippen LogP contribution in [0.4, 0.5) is 5.82 Å². The maximum absolute atomic E-state index is 12.5. The van der Waals surface area contributed by atoms with Crippen LogP contribution in [0.2, 0.25) is 0 Å². The topological polar surface area (TPSA) is 75.3 Å². The Morgan fingerprint density at radius 1 is 1.29 bits per heavy atom. The molecule has 0 aromatic carbocycles. The smallest absolute Gasteiger partial charge is 0.228 e. The first-order valence-electron chi connectivity index (χ1n) is 7.90. The van der Waals surface area contributed by atoms with Gasteiger partial charge < -0.3 is 20.7 Å². The van der Waals surface area contributed by atoms with Gasteiger partial charge in [-0.2, -0.15) is 0 Å². The first kappa shape index (κ1) is 22.9. The minimum absolute atomic E-state index is 0. The van der Waals surface area contributed by atoms with Crippen LogP contribution in [0.15, 0.2) is 24.4 Å². The van der Waals surface area contributed by atoms with E-state index in [2.05, 4.69) is 20.9 Å². The van der Waals surface area contributed by atoms with Gasteiger partial charge in [-0.05, 0) is 44.5 Å². The third-order valence-electron chi connectivity index (χ3n) is 4.07. The van der Waals surface area contributed by atoms with Gasteiger partial charge in [0.05, 0.1) is 12.0 Å². The lowest BCUT2D eigenvalue weighted by Gasteiger charge is -2.35. The minimum atomic E-state index is -0.367. The van der Waals surface area contributed by atoms with E-state index in [1.54, 1.807) is 13.3 Å². The second-order valence-electron chi connectivity index (χ2n) is 5.71. The van der Waals surface area contributed by atoms with E-state index in [1.165, 1.54) is 0 Å². The van der Waals surface area contributed by atoms with Crippen LogP contribution in [-0.2, 0) is 9.53 Å². The number of aromatic nitrogens is 1. The predicted molar refractivity (Wildman–Crippen MR) is 101 cm³/mol. The molecule has 0 saturated carbocycles. The number of nitrogens with one attached hydrogen (secondary N) is 3. The van der Waals surface area contributed by atoms with Gasteiger partial charge in [0.15, 0.2) is 0 Å². The molecule has 1 aromatic heterocycles. The molecule has 1 aromatic rings. The van der Waals surface area contributed by atoms with Gasteiger partial charge >= 0.3 is 0 Å². The van der Waals surface area contributed by atoms with Gasteiger partial charge in [-0.15, -0.1) is 24.8 Å². The van der Waals surface area contributed by atoms with Crippen LogP contribution in [0.5, 0.6) is 0 Å². The number of carbonyl (C=O) groups excluding carboxylic acids is 1. The van der Waals surface area contributed by atoms with E-state index in [4.69, 9.17) is 4.74 Å². The van der Waals surface area contributed by atoms with Crippen molar-refractivity contribution in [3.05, 3.63) is 24.4 Å². The van der Waals surface area contributed by atoms with Gasteiger partial charge in [0.1, 0.15) is 5.82 Å². The molecule has 138 valence electrons. The van der Waals surface area contributed by atoms with Crippen molar-refractivity contribution in [1.29, 1.82) is 0 Å². The van der Waals surface area contributed by atoms with E-state index in [9.17, 15) is 4.79 Å². The molecule has 1 aliphatic rings. The van der Waals surface area contributed by atoms with Crippen molar-refractivity contribution in [3.8, 4) is 0 Å². The highest BCUT2D eigenvalue weighted by molar-refractivity contribution is 5.85. The lowest BCUT2D eigenvalue weighted by molar-refractivity contribution is -0.136. The van der Waals surface area contributed by atoms with Crippen LogP contribution in [0.25, 0.3) is 0 Å². The van der Waals surface area contributed by atoms with Crippen LogP contribution < -0.4 is 16.0 Å². The molecule has 0 radical (unpaired) electrons. The van der Waals surface area contributed by atoms with Crippen LogP contribution in [0.1, 0.15) is 19.3 Å². The first-order valence-corrected chi connectivity index (χ1v) is 7.90. The number of carbonyl (C=O) groups is 1. The predicted octanol–water partition coefficient (Wildman–Crippen LogP) is 1.86. The molecular weight excluding hydrogens is 351 g/mol. The lowest BCUT2D eigenvalue weighted by atomic mass is 9.78. The Labute approximate surface area is 156 Å². The first-order chi connectivity index (χ1) is 10.8. The quantitative estimate of drug-likeness (QED) is 0.602. The third kappa shape index (κ3) is 6.81. The molecule has 0 atom stereocenters. The molecule has 0 spiro atoms. The number of nitrogens with zero attached hydrogens (tertiary/aromatic N) is 1. The number of piperidine rings is 1. The number of pyridine rings is 1. The van der Waals surface area contributed by atoms with Crippen molar-refractivity contribution in [2.24, 2.45) is 5.41 Å². The normalized spacial score (nSPS) is 15.5. The summed E-state index contributed by atoms with van der Waals surface area (Å²) in [4.78, 5) is 16.7. The summed E-state index contributed by atoms with van der Waals surface area (Å²) in [5.41, 5.74) is -0.367. The van der Waals surface area contributed by atoms with E-state index < -0.39 is 0 Å². The fourth-order valence-corrected chi connectivity index (χ4v) is 2.78. The Bertz CT molecular complexity index is 451. The number of anilines is 1. The zero-order valence-electron chi connectivity index (χ0n) is 14.0. The minimum Gasteiger partial charge on any atom is -0.384 e. The van der Waals surface area contributed by atoms with Crippen molar-refractivity contribution in [3.63, 3.8) is 0 Å². The number of methoxy groups -OCH3 is 1. The number of halogens is 2. The summed E-state index contributed by atoms with van der Waals surface area (Å²) >= 11 is 0. The maximum Gasteiger partial charge on any atom is 0.228 e. The zero-order valence-corrected chi connectivity index (χ0v) is 15.7. The molecule has 2 rings (SSSR count). The molecule has 6 nitrogen and oxygen atoms in total. The molecule has 24 heavy (non-hydrogen) atoms. The van der Waals surface area contributed by atoms with E-state index in [-0.39, 0.29) is 36.1 Å². The van der Waals surface area contributed by atoms with Crippen LogP contribution in [0.3, 0.4) is 0 Å². The van der Waals surface area contributed by atoms with Gasteiger partial charge in [0.25, 0.3) is 0 Å². The third-order valence-corrected chi connectivity index (χ3v) is 4.07. The SMILES string of the molecule is COCC1(C(=O)NCCCNc2ccccn2)CCNCC1.Cl.Cl. The summed E-state index contributed by atoms with van der Waals surface area (Å²) in [6, 6.07) is 5.77. The van der Waals surface area contributed by atoms with Crippen molar-refractivity contribution in [2.75, 3.05) is 45.2 Å². The summed E-state index contributed by atoms with van der Waals surface area (Å²) in [7, 11) is 1.66. The second kappa shape index (κ2) is 12.3. The molecule has 1 saturated heterocycles. The lowest BCUT2D eigenvalue weighted by Crippen LogP contribution is -2.50. The van der Waals surface area contributed by atoms with Gasteiger partial charge in [0, 0.05) is 26.4 Å². The maximum atomic E-state index is 12.5. The molecule has 3 N–H and O–H groups in total. The van der Waals surface area contributed by atoms with E-state index in [1.807, 2.05) is 18.2 Å². The number of hydrogen-bond donors (Lipinski definition) is 3. The highest BCUT2D eigenvalue weighted by Gasteiger charge is 2.39. The monoisotopic (exact) mass is 378 g/mol. The van der Waals surface area contributed by atoms with Gasteiger partial charge in [-0.3, -0.25) is 4.79 Å². The highest BCUT2D eigenvalue weighted by Crippen LogP contribution is 2.29. The van der Waals surface area contributed by atoms with Gasteiger partial charge in [-0.25, -0.2) is 4.98 Å². The molecule has 1 amide bonds. The van der Waals surface area contributed by atoms with Crippen molar-refractivity contribution >= 4 is 36.5 Å². The van der Waals surface area contributed by atoms with Crippen molar-refractivity contribution < 1.29 is 9.53 Å². The Balaban J connectivity index is 0.00000264. The van der Waals surface area contributed by atoms with E-state index in [0.717, 1.165) is 44.7 Å². The van der Waals surface area contributed by atoms with Crippen LogP contribution >= 0.6 is 24.8 Å². The van der Waals surface area contributed by atoms with E-state index in [0.29, 0.717) is 13.2 Å². The molecular formula is C16H28Cl2N4O2. The Kier molecular flexibility index (Phi) is 11.8. The van der Waals surface area contributed by atoms with Gasteiger partial charge in [-0.1, -0.05) is 6.07 Å². The number of amides is 1. The summed E-state index contributed by atoms with van der Waals surface area (Å²) in [5, 5.41) is 9.59. The molecule has 1 fully saturated rings. The Morgan fingerprint density at radius 3 is 2.67 bits per heavy atom. The number of rotatable bonds is 8. The highest BCUT2D eigenvalue weighted by atomic mass is 35.5. The molecule has 1 aliphatic heterocycles. The van der Waals surface area contributed by atoms with Crippen molar-refractivity contribution in [1.82, 2.24) is 15.6 Å². The second-order valence-corrected chi connectivity index (χ2v) is 5.71. The average molecular weight is 379 g/mol. The fraction of sp³-hybridized carbons (Fsp3) is 0.625. The van der Waals surface area contributed by atoms with Gasteiger partial charge in [0.2, 0.25) is 5.91 Å². The molecule has 0 bridgehead atoms. The molecule has 8 heteroatoms. The average Bonchev–Trinajstić information content (AvgIpc) is 2.56. The summed E-state index contributed by atoms with van der Waals surface area (Å²) < 4.78 is 5.28. The number of hydrogen-bond acceptors (Lipinski definition) is 5. The van der Waals surface area contributed by atoms with Crippen LogP contribution in [0, 0.1) is 5.41 Å². The summed E-state index contributed by atoms with van der Waals surface area (Å²) in [6.45, 7) is 3.69. The Morgan fingerprint density at radius 2 is 2.04 bits per heavy atom. The summed E-state index contributed by atoms with van der Waals surface area (Å²) in [6.07, 6.45) is 4.29. The molecule has 2 heterocycles. The van der Waals surface area contributed by atoms with Crippen LogP contribution in [-0.4, -0.2) is 50.8 Å². The fourth-order valence-electron chi connectivity index (χ4n) is 2.78. The standard InChI is InChI=1S/C16H26N4O2.2ClH/c1-22-13-16(6-11-17-12-7-16)15(21)20-10-4-9-19-14-5-2-3-8-18-14;;/h2-3,5,8,17H,4,6-7,9-13H2,1H3,(H,18,19)(H,20,21);2*1H. The summed E-state index contributed by atoms with van der Waals surface area (Å²) in [5.74, 6) is 0.983. The number of ether oxygens (including phenoxy) is 1.